The number of anilines is 2. The molecule has 1 heterocycles. The summed E-state index contributed by atoms with van der Waals surface area (Å²) in [5.41, 5.74) is 7.50. The van der Waals surface area contributed by atoms with E-state index in [-0.39, 0.29) is 11.7 Å². The molecule has 0 radical (unpaired) electrons. The third-order valence-corrected chi connectivity index (χ3v) is 2.42. The largest absolute Gasteiger partial charge is 0.398 e. The van der Waals surface area contributed by atoms with E-state index in [2.05, 4.69) is 10.3 Å². The summed E-state index contributed by atoms with van der Waals surface area (Å²) in [6.07, 6.45) is 1.04. The number of aromatic nitrogens is 1. The molecular weight excluding hydrogens is 233 g/mol. The van der Waals surface area contributed by atoms with Crippen molar-refractivity contribution >= 4 is 17.4 Å². The first-order valence-corrected chi connectivity index (χ1v) is 5.35. The van der Waals surface area contributed by atoms with Gasteiger partial charge < -0.3 is 11.1 Å². The fourth-order valence-corrected chi connectivity index (χ4v) is 1.52. The lowest BCUT2D eigenvalue weighted by Crippen LogP contribution is -2.15. The number of amides is 1. The smallest absolute Gasteiger partial charge is 0.258 e. The zero-order chi connectivity index (χ0) is 13.1. The molecule has 0 saturated heterocycles. The second kappa shape index (κ2) is 4.83. The number of nitrogens with two attached hydrogens (primary N) is 1. The number of rotatable bonds is 2. The van der Waals surface area contributed by atoms with Crippen molar-refractivity contribution in [2.24, 2.45) is 0 Å². The SMILES string of the molecule is Cc1ccc(C(=O)Nc2ccc(F)cn2)c(N)c1. The van der Waals surface area contributed by atoms with Gasteiger partial charge in [0.05, 0.1) is 11.8 Å². The summed E-state index contributed by atoms with van der Waals surface area (Å²) in [4.78, 5) is 15.6. The molecule has 0 aliphatic rings. The van der Waals surface area contributed by atoms with E-state index in [0.29, 0.717) is 11.3 Å². The van der Waals surface area contributed by atoms with Gasteiger partial charge in [0.1, 0.15) is 11.6 Å². The van der Waals surface area contributed by atoms with Crippen molar-refractivity contribution < 1.29 is 9.18 Å². The fourth-order valence-electron chi connectivity index (χ4n) is 1.52. The monoisotopic (exact) mass is 245 g/mol. The van der Waals surface area contributed by atoms with E-state index in [4.69, 9.17) is 5.73 Å². The van der Waals surface area contributed by atoms with E-state index < -0.39 is 5.82 Å². The van der Waals surface area contributed by atoms with E-state index in [1.165, 1.54) is 12.1 Å². The quantitative estimate of drug-likeness (QED) is 0.798. The molecule has 2 aromatic rings. The molecule has 1 aromatic heterocycles. The molecule has 0 aliphatic carbocycles. The maximum Gasteiger partial charge on any atom is 0.258 e. The maximum absolute atomic E-state index is 12.7. The van der Waals surface area contributed by atoms with Crippen LogP contribution < -0.4 is 11.1 Å². The summed E-state index contributed by atoms with van der Waals surface area (Å²) in [5, 5.41) is 2.55. The Kier molecular flexibility index (Phi) is 3.23. The Balaban J connectivity index is 2.19. The summed E-state index contributed by atoms with van der Waals surface area (Å²) in [6, 6.07) is 7.76. The van der Waals surface area contributed by atoms with Crippen LogP contribution in [0.1, 0.15) is 15.9 Å². The molecule has 0 saturated carbocycles. The van der Waals surface area contributed by atoms with Crippen LogP contribution in [-0.4, -0.2) is 10.9 Å². The van der Waals surface area contributed by atoms with Crippen LogP contribution in [-0.2, 0) is 0 Å². The zero-order valence-corrected chi connectivity index (χ0v) is 9.77. The number of nitrogen functional groups attached to an aromatic ring is 1. The number of halogens is 1. The van der Waals surface area contributed by atoms with Crippen LogP contribution in [0.2, 0.25) is 0 Å². The predicted molar refractivity (Wildman–Crippen MR) is 67.7 cm³/mol. The highest BCUT2D eigenvalue weighted by Crippen LogP contribution is 2.15. The molecule has 1 aromatic carbocycles. The number of pyridine rings is 1. The number of nitrogens with one attached hydrogen (secondary N) is 1. The first-order chi connectivity index (χ1) is 8.56. The maximum atomic E-state index is 12.7. The summed E-state index contributed by atoms with van der Waals surface area (Å²) in [6.45, 7) is 1.89. The van der Waals surface area contributed by atoms with E-state index in [0.717, 1.165) is 11.8 Å². The lowest BCUT2D eigenvalue weighted by molar-refractivity contribution is 0.102. The van der Waals surface area contributed by atoms with Gasteiger partial charge in [-0.1, -0.05) is 6.07 Å². The van der Waals surface area contributed by atoms with Crippen LogP contribution in [0.3, 0.4) is 0 Å². The van der Waals surface area contributed by atoms with E-state index in [9.17, 15) is 9.18 Å². The number of benzene rings is 1. The lowest BCUT2D eigenvalue weighted by Gasteiger charge is -2.07. The second-order valence-electron chi connectivity index (χ2n) is 3.91. The normalized spacial score (nSPS) is 10.1. The minimum Gasteiger partial charge on any atom is -0.398 e. The van der Waals surface area contributed by atoms with Crippen molar-refractivity contribution in [3.8, 4) is 0 Å². The number of aryl methyl sites for hydroxylation is 1. The Morgan fingerprint density at radius 3 is 2.72 bits per heavy atom. The highest BCUT2D eigenvalue weighted by Gasteiger charge is 2.10. The van der Waals surface area contributed by atoms with E-state index in [1.807, 2.05) is 6.92 Å². The molecule has 2 rings (SSSR count). The minimum absolute atomic E-state index is 0.279. The van der Waals surface area contributed by atoms with Gasteiger partial charge in [-0.05, 0) is 36.8 Å². The Hall–Kier alpha value is -2.43. The van der Waals surface area contributed by atoms with Crippen molar-refractivity contribution in [2.45, 2.75) is 6.92 Å². The summed E-state index contributed by atoms with van der Waals surface area (Å²) < 4.78 is 12.7. The van der Waals surface area contributed by atoms with E-state index in [1.54, 1.807) is 18.2 Å². The predicted octanol–water partition coefficient (Wildman–Crippen LogP) is 2.36. The Morgan fingerprint density at radius 1 is 1.33 bits per heavy atom. The molecule has 0 spiro atoms. The summed E-state index contributed by atoms with van der Waals surface area (Å²) >= 11 is 0. The van der Waals surface area contributed by atoms with Gasteiger partial charge in [-0.2, -0.15) is 0 Å². The van der Waals surface area contributed by atoms with Gasteiger partial charge in [0, 0.05) is 5.69 Å². The van der Waals surface area contributed by atoms with Crippen LogP contribution in [0.15, 0.2) is 36.5 Å². The minimum atomic E-state index is -0.456. The van der Waals surface area contributed by atoms with Crippen molar-refractivity contribution in [1.29, 1.82) is 0 Å². The van der Waals surface area contributed by atoms with Gasteiger partial charge in [0.25, 0.3) is 5.91 Å². The van der Waals surface area contributed by atoms with Crippen molar-refractivity contribution in [1.82, 2.24) is 4.98 Å². The highest BCUT2D eigenvalue weighted by molar-refractivity contribution is 6.07. The molecule has 0 aliphatic heterocycles. The van der Waals surface area contributed by atoms with E-state index >= 15 is 0 Å². The zero-order valence-electron chi connectivity index (χ0n) is 9.77. The Morgan fingerprint density at radius 2 is 2.11 bits per heavy atom. The lowest BCUT2D eigenvalue weighted by atomic mass is 10.1. The number of carbonyl (C=O) groups is 1. The van der Waals surface area contributed by atoms with Gasteiger partial charge >= 0.3 is 0 Å². The third kappa shape index (κ3) is 2.63. The standard InChI is InChI=1S/C13H12FN3O/c1-8-2-4-10(11(15)6-8)13(18)17-12-5-3-9(14)7-16-12/h2-7H,15H2,1H3,(H,16,17,18). The van der Waals surface area contributed by atoms with Crippen LogP contribution >= 0.6 is 0 Å². The number of carbonyl (C=O) groups excluding carboxylic acids is 1. The number of hydrogen-bond donors (Lipinski definition) is 2. The average molecular weight is 245 g/mol. The topological polar surface area (TPSA) is 68.0 Å². The second-order valence-corrected chi connectivity index (χ2v) is 3.91. The molecule has 0 atom stereocenters. The molecule has 92 valence electrons. The molecular formula is C13H12FN3O. The van der Waals surface area contributed by atoms with Gasteiger partial charge in [-0.25, -0.2) is 9.37 Å². The highest BCUT2D eigenvalue weighted by atomic mass is 19.1. The molecule has 4 nitrogen and oxygen atoms in total. The Labute approximate surface area is 104 Å². The van der Waals surface area contributed by atoms with Gasteiger partial charge in [0.15, 0.2) is 0 Å². The molecule has 18 heavy (non-hydrogen) atoms. The van der Waals surface area contributed by atoms with Gasteiger partial charge in [-0.3, -0.25) is 4.79 Å². The Bertz CT molecular complexity index is 581. The van der Waals surface area contributed by atoms with Gasteiger partial charge in [0.2, 0.25) is 0 Å². The van der Waals surface area contributed by atoms with Crippen LogP contribution in [0, 0.1) is 12.7 Å². The molecule has 5 heteroatoms. The summed E-state index contributed by atoms with van der Waals surface area (Å²) in [5.74, 6) is -0.546. The number of nitrogens with zero attached hydrogens (tertiary/aromatic N) is 1. The van der Waals surface area contributed by atoms with Crippen molar-refractivity contribution in [3.63, 3.8) is 0 Å². The fraction of sp³-hybridized carbons (Fsp3) is 0.0769. The van der Waals surface area contributed by atoms with Crippen LogP contribution in [0.4, 0.5) is 15.9 Å². The molecule has 0 bridgehead atoms. The van der Waals surface area contributed by atoms with Crippen molar-refractivity contribution in [2.75, 3.05) is 11.1 Å². The number of hydrogen-bond acceptors (Lipinski definition) is 3. The molecule has 0 fully saturated rings. The third-order valence-electron chi connectivity index (χ3n) is 2.42. The average Bonchev–Trinajstić information content (AvgIpc) is 2.32. The van der Waals surface area contributed by atoms with Gasteiger partial charge in [-0.15, -0.1) is 0 Å². The first-order valence-electron chi connectivity index (χ1n) is 5.35. The first kappa shape index (κ1) is 12.0. The molecule has 1 amide bonds. The van der Waals surface area contributed by atoms with Crippen LogP contribution in [0.25, 0.3) is 0 Å². The van der Waals surface area contributed by atoms with Crippen molar-refractivity contribution in [3.05, 3.63) is 53.5 Å². The molecule has 0 unspecified atom stereocenters. The van der Waals surface area contributed by atoms with Crippen LogP contribution in [0.5, 0.6) is 0 Å². The summed E-state index contributed by atoms with van der Waals surface area (Å²) in [7, 11) is 0. The molecule has 3 N–H and O–H groups in total.